The van der Waals surface area contributed by atoms with Crippen LogP contribution in [0.1, 0.15) is 74.0 Å². The number of hydrogen-bond donors (Lipinski definition) is 0. The minimum atomic E-state index is 0.515. The van der Waals surface area contributed by atoms with E-state index in [9.17, 15) is 0 Å². The minimum absolute atomic E-state index is 0.515. The summed E-state index contributed by atoms with van der Waals surface area (Å²) in [5, 5.41) is 0. The van der Waals surface area contributed by atoms with Crippen molar-refractivity contribution in [1.82, 2.24) is 0 Å². The van der Waals surface area contributed by atoms with Gasteiger partial charge in [-0.1, -0.05) is 66.2 Å². The van der Waals surface area contributed by atoms with Gasteiger partial charge >= 0.3 is 0 Å². The molecule has 0 aromatic rings. The summed E-state index contributed by atoms with van der Waals surface area (Å²) < 4.78 is 7.00. The highest BCUT2D eigenvalue weighted by atomic mass is 14.1. The number of hydrogen-bond acceptors (Lipinski definition) is 0. The zero-order chi connectivity index (χ0) is 10.2. The molecule has 0 nitrogen and oxygen atoms in total. The first-order chi connectivity index (χ1) is 6.06. The maximum absolute atomic E-state index is 7.00. The smallest absolute Gasteiger partial charge is 0.0230 e. The van der Waals surface area contributed by atoms with E-state index in [1.165, 1.54) is 38.5 Å². The molecule has 0 heteroatoms. The molecule has 0 aliphatic carbocycles. The van der Waals surface area contributed by atoms with Gasteiger partial charge in [0.15, 0.2) is 0 Å². The molecule has 0 saturated heterocycles. The van der Waals surface area contributed by atoms with Crippen LogP contribution in [0.15, 0.2) is 0 Å². The van der Waals surface area contributed by atoms with Crippen molar-refractivity contribution >= 4 is 0 Å². The molecule has 0 bridgehead atoms. The van der Waals surface area contributed by atoms with Crippen molar-refractivity contribution in [3.63, 3.8) is 0 Å². The highest BCUT2D eigenvalue weighted by molar-refractivity contribution is 4.60. The fourth-order valence-electron chi connectivity index (χ4n) is 1.36. The Hall–Kier alpha value is 0. The Morgan fingerprint density at radius 3 is 2.08 bits per heavy atom. The molecule has 0 saturated carbocycles. The summed E-state index contributed by atoms with van der Waals surface area (Å²) in [6.45, 7) is 7.55. The molecule has 0 aromatic carbocycles. The van der Waals surface area contributed by atoms with Gasteiger partial charge in [0.2, 0.25) is 0 Å². The summed E-state index contributed by atoms with van der Waals surface area (Å²) in [5.74, 6) is 0. The van der Waals surface area contributed by atoms with E-state index in [0.717, 1.165) is 6.42 Å². The van der Waals surface area contributed by atoms with Gasteiger partial charge in [-0.15, -0.1) is 0 Å². The molecule has 0 radical (unpaired) electrons. The zero-order valence-corrected chi connectivity index (χ0v) is 9.16. The standard InChI is InChI=1S/C12H26/c1-5-6-7-8-9-10-11-12(2,3)4/h5-11H2,1-4H3/i1D. The van der Waals surface area contributed by atoms with Crippen LogP contribution in [0.3, 0.4) is 0 Å². The van der Waals surface area contributed by atoms with Crippen molar-refractivity contribution in [3.05, 3.63) is 0 Å². The largest absolute Gasteiger partial charge is 0.0654 e. The van der Waals surface area contributed by atoms with Crippen LogP contribution in [0.4, 0.5) is 0 Å². The van der Waals surface area contributed by atoms with Crippen LogP contribution in [-0.2, 0) is 0 Å². The van der Waals surface area contributed by atoms with Gasteiger partial charge in [-0.05, 0) is 11.8 Å². The summed E-state index contributed by atoms with van der Waals surface area (Å²) in [5.41, 5.74) is 0.515. The van der Waals surface area contributed by atoms with Crippen molar-refractivity contribution in [3.8, 4) is 0 Å². The van der Waals surface area contributed by atoms with E-state index >= 15 is 0 Å². The molecule has 0 aliphatic rings. The first-order valence-electron chi connectivity index (χ1n) is 6.06. The maximum Gasteiger partial charge on any atom is 0.0230 e. The van der Waals surface area contributed by atoms with Gasteiger partial charge in [0.05, 0.1) is 0 Å². The highest BCUT2D eigenvalue weighted by Crippen LogP contribution is 2.22. The van der Waals surface area contributed by atoms with Crippen molar-refractivity contribution in [2.24, 2.45) is 5.41 Å². The molecule has 0 spiro atoms. The molecular formula is C12H26. The summed E-state index contributed by atoms with van der Waals surface area (Å²) in [4.78, 5) is 0. The first-order valence-corrected chi connectivity index (χ1v) is 5.35. The normalized spacial score (nSPS) is 13.1. The molecule has 0 N–H and O–H groups in total. The number of unbranched alkanes of at least 4 members (excludes halogenated alkanes) is 5. The summed E-state index contributed by atoms with van der Waals surface area (Å²) >= 11 is 0. The van der Waals surface area contributed by atoms with E-state index in [1.807, 2.05) is 0 Å². The first kappa shape index (κ1) is 10.1. The van der Waals surface area contributed by atoms with Crippen molar-refractivity contribution in [2.75, 3.05) is 0 Å². The average Bonchev–Trinajstić information content (AvgIpc) is 2.01. The third kappa shape index (κ3) is 10.0. The highest BCUT2D eigenvalue weighted by Gasteiger charge is 2.08. The lowest BCUT2D eigenvalue weighted by Gasteiger charge is -2.17. The Morgan fingerprint density at radius 1 is 0.917 bits per heavy atom. The van der Waals surface area contributed by atoms with E-state index in [1.54, 1.807) is 0 Å². The van der Waals surface area contributed by atoms with E-state index < -0.39 is 0 Å². The van der Waals surface area contributed by atoms with Gasteiger partial charge in [0.1, 0.15) is 0 Å². The van der Waals surface area contributed by atoms with Crippen molar-refractivity contribution in [1.29, 1.82) is 0 Å². The SMILES string of the molecule is [2H]CCCCCCCCC(C)(C)C. The Bertz CT molecular complexity index is 102. The predicted molar refractivity (Wildman–Crippen MR) is 57.4 cm³/mol. The topological polar surface area (TPSA) is 0 Å². The molecule has 0 aromatic heterocycles. The Morgan fingerprint density at radius 2 is 1.50 bits per heavy atom. The van der Waals surface area contributed by atoms with Crippen LogP contribution >= 0.6 is 0 Å². The van der Waals surface area contributed by atoms with E-state index in [0.29, 0.717) is 12.3 Å². The van der Waals surface area contributed by atoms with Crippen LogP contribution in [0, 0.1) is 5.41 Å². The summed E-state index contributed by atoms with van der Waals surface area (Å²) in [7, 11) is 0. The molecule has 0 rings (SSSR count). The molecule has 0 fully saturated rings. The Labute approximate surface area is 80.2 Å². The van der Waals surface area contributed by atoms with E-state index in [-0.39, 0.29) is 0 Å². The molecule has 0 heterocycles. The molecule has 0 amide bonds. The van der Waals surface area contributed by atoms with Gasteiger partial charge < -0.3 is 0 Å². The molecule has 0 unspecified atom stereocenters. The average molecular weight is 171 g/mol. The zero-order valence-electron chi connectivity index (χ0n) is 10.2. The second-order valence-electron chi connectivity index (χ2n) is 4.93. The van der Waals surface area contributed by atoms with Crippen LogP contribution in [-0.4, -0.2) is 0 Å². The van der Waals surface area contributed by atoms with Gasteiger partial charge in [-0.3, -0.25) is 0 Å². The molecule has 0 aliphatic heterocycles. The Kier molecular flexibility index (Phi) is 5.47. The lowest BCUT2D eigenvalue weighted by atomic mass is 9.89. The van der Waals surface area contributed by atoms with Crippen LogP contribution in [0.2, 0.25) is 0 Å². The lowest BCUT2D eigenvalue weighted by molar-refractivity contribution is 0.356. The third-order valence-corrected chi connectivity index (χ3v) is 2.18. The quantitative estimate of drug-likeness (QED) is 0.504. The third-order valence-electron chi connectivity index (χ3n) is 2.18. The Balaban J connectivity index is 3.00. The molecule has 12 heavy (non-hydrogen) atoms. The van der Waals surface area contributed by atoms with Crippen LogP contribution in [0.5, 0.6) is 0 Å². The molecule has 74 valence electrons. The second-order valence-corrected chi connectivity index (χ2v) is 4.93. The predicted octanol–water partition coefficient (Wildman–Crippen LogP) is 4.78. The van der Waals surface area contributed by atoms with Crippen molar-refractivity contribution in [2.45, 2.75) is 72.6 Å². The monoisotopic (exact) mass is 171 g/mol. The molecular weight excluding hydrogens is 144 g/mol. The number of rotatable bonds is 6. The summed E-state index contributed by atoms with van der Waals surface area (Å²) in [6, 6.07) is 0. The van der Waals surface area contributed by atoms with Crippen LogP contribution < -0.4 is 0 Å². The summed E-state index contributed by atoms with van der Waals surface area (Å²) in [6.07, 6.45) is 9.18. The van der Waals surface area contributed by atoms with Crippen LogP contribution in [0.25, 0.3) is 0 Å². The van der Waals surface area contributed by atoms with Gasteiger partial charge in [0, 0.05) is 1.37 Å². The van der Waals surface area contributed by atoms with Gasteiger partial charge in [0.25, 0.3) is 0 Å². The van der Waals surface area contributed by atoms with Gasteiger partial charge in [-0.25, -0.2) is 0 Å². The second kappa shape index (κ2) is 6.51. The van der Waals surface area contributed by atoms with Gasteiger partial charge in [-0.2, -0.15) is 0 Å². The van der Waals surface area contributed by atoms with E-state index in [2.05, 4.69) is 20.8 Å². The van der Waals surface area contributed by atoms with E-state index in [4.69, 9.17) is 1.37 Å². The fourth-order valence-corrected chi connectivity index (χ4v) is 1.36. The lowest BCUT2D eigenvalue weighted by Crippen LogP contribution is -2.03. The maximum atomic E-state index is 7.00. The fraction of sp³-hybridized carbons (Fsp3) is 1.00. The van der Waals surface area contributed by atoms with Crippen molar-refractivity contribution < 1.29 is 1.37 Å². The molecule has 0 atom stereocenters. The minimum Gasteiger partial charge on any atom is -0.0654 e.